The number of halogens is 1. The summed E-state index contributed by atoms with van der Waals surface area (Å²) in [4.78, 5) is 0. The first kappa shape index (κ1) is 8.54. The van der Waals surface area contributed by atoms with E-state index in [2.05, 4.69) is 5.92 Å². The highest BCUT2D eigenvalue weighted by molar-refractivity contribution is 7.91. The molecule has 1 fully saturated rings. The molecule has 0 radical (unpaired) electrons. The third-order valence-electron chi connectivity index (χ3n) is 1.88. The lowest BCUT2D eigenvalue weighted by molar-refractivity contribution is 0.354. The van der Waals surface area contributed by atoms with Gasteiger partial charge in [-0.2, -0.15) is 0 Å². The highest BCUT2D eigenvalue weighted by atomic mass is 32.2. The fraction of sp³-hybridized carbons (Fsp3) is 0.714. The van der Waals surface area contributed by atoms with Gasteiger partial charge in [0, 0.05) is 11.8 Å². The lowest BCUT2D eigenvalue weighted by atomic mass is 9.99. The van der Waals surface area contributed by atoms with E-state index in [1.807, 2.05) is 0 Å². The van der Waals surface area contributed by atoms with Crippen molar-refractivity contribution in [2.45, 2.75) is 0 Å². The Bertz CT molecular complexity index is 275. The second-order valence-corrected chi connectivity index (χ2v) is 4.92. The summed E-state index contributed by atoms with van der Waals surface area (Å²) >= 11 is 0. The summed E-state index contributed by atoms with van der Waals surface area (Å²) in [5.41, 5.74) is 0. The molecule has 1 rings (SSSR count). The zero-order valence-electron chi connectivity index (χ0n) is 5.96. The van der Waals surface area contributed by atoms with Crippen LogP contribution in [0.3, 0.4) is 0 Å². The Labute approximate surface area is 65.7 Å². The van der Waals surface area contributed by atoms with Gasteiger partial charge in [0.05, 0.1) is 18.2 Å². The molecule has 0 amide bonds. The van der Waals surface area contributed by atoms with E-state index in [-0.39, 0.29) is 11.5 Å². The summed E-state index contributed by atoms with van der Waals surface area (Å²) in [6.07, 6.45) is 5.04. The van der Waals surface area contributed by atoms with Crippen LogP contribution in [0, 0.1) is 24.2 Å². The van der Waals surface area contributed by atoms with Crippen LogP contribution in [0.5, 0.6) is 0 Å². The van der Waals surface area contributed by atoms with Crippen molar-refractivity contribution >= 4 is 9.84 Å². The topological polar surface area (TPSA) is 34.1 Å². The molecule has 0 saturated carbocycles. The molecular formula is C7H9FO2S. The SMILES string of the molecule is C#CC1CS(=O)(=O)CC1CF. The first-order valence-electron chi connectivity index (χ1n) is 3.31. The van der Waals surface area contributed by atoms with Crippen molar-refractivity contribution in [2.75, 3.05) is 18.2 Å². The molecule has 2 unspecified atom stereocenters. The summed E-state index contributed by atoms with van der Waals surface area (Å²) in [6, 6.07) is 0. The molecule has 0 spiro atoms. The molecule has 0 aromatic carbocycles. The molecule has 0 aliphatic carbocycles. The monoisotopic (exact) mass is 176 g/mol. The lowest BCUT2D eigenvalue weighted by Gasteiger charge is -2.05. The van der Waals surface area contributed by atoms with Crippen molar-refractivity contribution in [1.29, 1.82) is 0 Å². The van der Waals surface area contributed by atoms with E-state index in [1.54, 1.807) is 0 Å². The van der Waals surface area contributed by atoms with Gasteiger partial charge in [0.15, 0.2) is 9.84 Å². The van der Waals surface area contributed by atoms with E-state index in [4.69, 9.17) is 6.42 Å². The molecule has 1 aliphatic rings. The Hall–Kier alpha value is -0.560. The van der Waals surface area contributed by atoms with Crippen LogP contribution in [-0.2, 0) is 9.84 Å². The molecule has 0 N–H and O–H groups in total. The number of hydrogen-bond donors (Lipinski definition) is 0. The average Bonchev–Trinajstić information content (AvgIpc) is 2.25. The maximum Gasteiger partial charge on any atom is 0.151 e. The zero-order chi connectivity index (χ0) is 8.48. The van der Waals surface area contributed by atoms with Crippen molar-refractivity contribution in [3.63, 3.8) is 0 Å². The molecular weight excluding hydrogens is 167 g/mol. The normalized spacial score (nSPS) is 34.9. The van der Waals surface area contributed by atoms with Gasteiger partial charge < -0.3 is 0 Å². The fourth-order valence-corrected chi connectivity index (χ4v) is 3.28. The third kappa shape index (κ3) is 1.72. The van der Waals surface area contributed by atoms with Crippen molar-refractivity contribution in [1.82, 2.24) is 0 Å². The molecule has 1 aliphatic heterocycles. The second-order valence-electron chi connectivity index (χ2n) is 2.76. The Kier molecular flexibility index (Phi) is 2.19. The summed E-state index contributed by atoms with van der Waals surface area (Å²) in [6.45, 7) is -0.631. The lowest BCUT2D eigenvalue weighted by Crippen LogP contribution is -2.11. The highest BCUT2D eigenvalue weighted by Gasteiger charge is 2.36. The van der Waals surface area contributed by atoms with E-state index in [0.717, 1.165) is 0 Å². The summed E-state index contributed by atoms with van der Waals surface area (Å²) in [5, 5.41) is 0. The Morgan fingerprint density at radius 1 is 1.55 bits per heavy atom. The fourth-order valence-electron chi connectivity index (χ4n) is 1.26. The summed E-state index contributed by atoms with van der Waals surface area (Å²) in [7, 11) is -3.05. The van der Waals surface area contributed by atoms with Gasteiger partial charge in [0.2, 0.25) is 0 Å². The smallest absolute Gasteiger partial charge is 0.151 e. The van der Waals surface area contributed by atoms with E-state index in [9.17, 15) is 12.8 Å². The minimum Gasteiger partial charge on any atom is -0.251 e. The average molecular weight is 176 g/mol. The quantitative estimate of drug-likeness (QED) is 0.537. The van der Waals surface area contributed by atoms with Gasteiger partial charge in [-0.15, -0.1) is 12.3 Å². The third-order valence-corrected chi connectivity index (χ3v) is 3.69. The van der Waals surface area contributed by atoms with Crippen molar-refractivity contribution < 1.29 is 12.8 Å². The maximum atomic E-state index is 12.1. The predicted octanol–water partition coefficient (Wildman–Crippen LogP) is 0.250. The number of rotatable bonds is 1. The van der Waals surface area contributed by atoms with Crippen LogP contribution >= 0.6 is 0 Å². The van der Waals surface area contributed by atoms with E-state index in [1.165, 1.54) is 0 Å². The number of sulfone groups is 1. The molecule has 62 valence electrons. The van der Waals surface area contributed by atoms with Gasteiger partial charge >= 0.3 is 0 Å². The van der Waals surface area contributed by atoms with Gasteiger partial charge in [0.1, 0.15) is 0 Å². The van der Waals surface area contributed by atoms with Gasteiger partial charge in [-0.25, -0.2) is 8.42 Å². The molecule has 2 atom stereocenters. The van der Waals surface area contributed by atoms with Crippen molar-refractivity contribution in [3.8, 4) is 12.3 Å². The molecule has 4 heteroatoms. The van der Waals surface area contributed by atoms with Crippen LogP contribution in [-0.4, -0.2) is 26.6 Å². The van der Waals surface area contributed by atoms with Gasteiger partial charge in [0.25, 0.3) is 0 Å². The van der Waals surface area contributed by atoms with E-state index >= 15 is 0 Å². The Morgan fingerprint density at radius 2 is 2.18 bits per heavy atom. The van der Waals surface area contributed by atoms with Crippen LogP contribution in [0.15, 0.2) is 0 Å². The van der Waals surface area contributed by atoms with Crippen LogP contribution in [0.1, 0.15) is 0 Å². The maximum absolute atomic E-state index is 12.1. The minimum absolute atomic E-state index is 0.0436. The van der Waals surface area contributed by atoms with Gasteiger partial charge in [-0.3, -0.25) is 4.39 Å². The number of terminal acetylenes is 1. The highest BCUT2D eigenvalue weighted by Crippen LogP contribution is 2.24. The zero-order valence-corrected chi connectivity index (χ0v) is 6.77. The molecule has 11 heavy (non-hydrogen) atoms. The number of alkyl halides is 1. The van der Waals surface area contributed by atoms with E-state index in [0.29, 0.717) is 0 Å². The summed E-state index contributed by atoms with van der Waals surface area (Å²) in [5.74, 6) is 1.29. The summed E-state index contributed by atoms with van der Waals surface area (Å²) < 4.78 is 33.9. The van der Waals surface area contributed by atoms with Gasteiger partial charge in [-0.1, -0.05) is 0 Å². The number of hydrogen-bond acceptors (Lipinski definition) is 2. The van der Waals surface area contributed by atoms with Gasteiger partial charge in [-0.05, 0) is 0 Å². The minimum atomic E-state index is -3.05. The molecule has 1 saturated heterocycles. The molecule has 0 aromatic rings. The molecule has 1 heterocycles. The molecule has 2 nitrogen and oxygen atoms in total. The first-order chi connectivity index (χ1) is 5.09. The van der Waals surface area contributed by atoms with Crippen LogP contribution < -0.4 is 0 Å². The van der Waals surface area contributed by atoms with Crippen LogP contribution in [0.4, 0.5) is 4.39 Å². The first-order valence-corrected chi connectivity index (χ1v) is 5.13. The molecule has 0 bridgehead atoms. The largest absolute Gasteiger partial charge is 0.251 e. The molecule has 0 aromatic heterocycles. The standard InChI is InChI=1S/C7H9FO2S/c1-2-6-4-11(9,10)5-7(6)3-8/h1,6-7H,3-5H2. The van der Waals surface area contributed by atoms with Crippen LogP contribution in [0.25, 0.3) is 0 Å². The van der Waals surface area contributed by atoms with Crippen molar-refractivity contribution in [2.24, 2.45) is 11.8 Å². The second kappa shape index (κ2) is 2.82. The Morgan fingerprint density at radius 3 is 2.55 bits per heavy atom. The Balaban J connectivity index is 2.80. The predicted molar refractivity (Wildman–Crippen MR) is 40.4 cm³/mol. The van der Waals surface area contributed by atoms with E-state index < -0.39 is 28.3 Å². The van der Waals surface area contributed by atoms with Crippen LogP contribution in [0.2, 0.25) is 0 Å². The van der Waals surface area contributed by atoms with Crippen molar-refractivity contribution in [3.05, 3.63) is 0 Å².